The quantitative estimate of drug-likeness (QED) is 0.421. The molecule has 0 amide bonds. The molecule has 3 aromatic heterocycles. The molecule has 0 saturated heterocycles. The molecule has 8 nitrogen and oxygen atoms in total. The fraction of sp³-hybridized carbons (Fsp3) is 0.346. The van der Waals surface area contributed by atoms with Gasteiger partial charge in [-0.05, 0) is 26.0 Å². The van der Waals surface area contributed by atoms with E-state index in [4.69, 9.17) is 4.74 Å². The Morgan fingerprint density at radius 1 is 1.09 bits per heavy atom. The number of aromatic nitrogens is 5. The summed E-state index contributed by atoms with van der Waals surface area (Å²) in [5, 5.41) is 12.6. The van der Waals surface area contributed by atoms with Crippen LogP contribution in [0.5, 0.6) is 5.75 Å². The summed E-state index contributed by atoms with van der Waals surface area (Å²) in [6.07, 6.45) is 5.67. The van der Waals surface area contributed by atoms with Crippen molar-refractivity contribution in [3.05, 3.63) is 64.9 Å². The first kappa shape index (κ1) is 25.6. The van der Waals surface area contributed by atoms with Crippen molar-refractivity contribution in [3.8, 4) is 22.9 Å². The maximum Gasteiger partial charge on any atom is 0.208 e. The maximum atomic E-state index is 14.5. The van der Waals surface area contributed by atoms with E-state index >= 15 is 0 Å². The van der Waals surface area contributed by atoms with Crippen molar-refractivity contribution < 1.29 is 9.13 Å². The number of nitrogens with zero attached hydrogens (tertiary/aromatic N) is 6. The van der Waals surface area contributed by atoms with E-state index in [1.807, 2.05) is 41.5 Å². The molecule has 0 aliphatic carbocycles. The normalized spacial score (nSPS) is 11.4. The zero-order valence-electron chi connectivity index (χ0n) is 21.0. The van der Waals surface area contributed by atoms with E-state index in [9.17, 15) is 9.65 Å². The summed E-state index contributed by atoms with van der Waals surface area (Å²) in [5.41, 5.74) is 4.52. The van der Waals surface area contributed by atoms with Gasteiger partial charge in [0.2, 0.25) is 5.95 Å². The second kappa shape index (κ2) is 11.4. The van der Waals surface area contributed by atoms with E-state index in [0.717, 1.165) is 22.6 Å². The molecule has 1 aliphatic heterocycles. The molecule has 0 radical (unpaired) electrons. The number of hydrogen-bond donors (Lipinski definition) is 1. The van der Waals surface area contributed by atoms with Gasteiger partial charge in [0, 0.05) is 53.3 Å². The van der Waals surface area contributed by atoms with Crippen molar-refractivity contribution in [1.82, 2.24) is 24.3 Å². The van der Waals surface area contributed by atoms with Gasteiger partial charge in [-0.3, -0.25) is 4.40 Å². The Morgan fingerprint density at radius 2 is 1.83 bits per heavy atom. The fourth-order valence-corrected chi connectivity index (χ4v) is 3.87. The Bertz CT molecular complexity index is 1370. The van der Waals surface area contributed by atoms with Crippen molar-refractivity contribution in [2.45, 2.75) is 54.5 Å². The van der Waals surface area contributed by atoms with Crippen molar-refractivity contribution in [3.63, 3.8) is 0 Å². The number of ether oxygens (including phenoxy) is 1. The Morgan fingerprint density at radius 3 is 2.54 bits per heavy atom. The smallest absolute Gasteiger partial charge is 0.208 e. The number of nitriles is 1. The van der Waals surface area contributed by atoms with Crippen molar-refractivity contribution in [1.29, 1.82) is 5.26 Å². The first-order valence-electron chi connectivity index (χ1n) is 11.8. The van der Waals surface area contributed by atoms with Gasteiger partial charge < -0.3 is 10.1 Å². The third-order valence-corrected chi connectivity index (χ3v) is 5.36. The molecule has 0 fully saturated rings. The number of aryl methyl sites for hydroxylation is 2. The topological polar surface area (TPSA) is 101 Å². The summed E-state index contributed by atoms with van der Waals surface area (Å²) >= 11 is 0. The number of anilines is 1. The van der Waals surface area contributed by atoms with Crippen LogP contribution in [-0.4, -0.2) is 30.9 Å². The van der Waals surface area contributed by atoms with E-state index < -0.39 is 0 Å². The third kappa shape index (κ3) is 5.06. The fourth-order valence-electron chi connectivity index (χ4n) is 3.87. The van der Waals surface area contributed by atoms with Gasteiger partial charge in [0.05, 0.1) is 12.8 Å². The van der Waals surface area contributed by atoms with E-state index in [2.05, 4.69) is 31.3 Å². The molecule has 182 valence electrons. The van der Waals surface area contributed by atoms with Crippen LogP contribution in [-0.2, 0) is 13.0 Å². The molecular formula is C26H30FN7O. The molecule has 4 aromatic rings. The zero-order valence-corrected chi connectivity index (χ0v) is 21.0. The first-order valence-corrected chi connectivity index (χ1v) is 11.8. The van der Waals surface area contributed by atoms with Crippen LogP contribution in [0.1, 0.15) is 56.0 Å². The second-order valence-electron chi connectivity index (χ2n) is 7.30. The second-order valence-corrected chi connectivity index (χ2v) is 7.30. The number of fused-ring (bicyclic) bond motifs is 2. The van der Waals surface area contributed by atoms with Gasteiger partial charge in [0.15, 0.2) is 11.3 Å². The van der Waals surface area contributed by atoms with Crippen molar-refractivity contribution >= 4 is 11.6 Å². The molecule has 0 spiro atoms. The van der Waals surface area contributed by atoms with E-state index in [1.165, 1.54) is 6.07 Å². The Balaban J connectivity index is 0.000000815. The van der Waals surface area contributed by atoms with Crippen LogP contribution in [0.2, 0.25) is 0 Å². The zero-order chi connectivity index (χ0) is 25.5. The van der Waals surface area contributed by atoms with E-state index in [1.54, 1.807) is 29.1 Å². The van der Waals surface area contributed by atoms with Crippen molar-refractivity contribution in [2.24, 2.45) is 0 Å². The number of nitrogens with one attached hydrogen (secondary N) is 1. The average molecular weight is 476 g/mol. The highest BCUT2D eigenvalue weighted by Crippen LogP contribution is 2.31. The predicted octanol–water partition coefficient (Wildman–Crippen LogP) is 5.41. The lowest BCUT2D eigenvalue weighted by atomic mass is 10.0. The molecule has 1 aliphatic rings. The number of imidazole rings is 1. The summed E-state index contributed by atoms with van der Waals surface area (Å²) in [7, 11) is 0. The van der Waals surface area contributed by atoms with Gasteiger partial charge in [-0.15, -0.1) is 0 Å². The molecular weight excluding hydrogens is 445 g/mol. The molecule has 1 N–H and O–H groups in total. The highest BCUT2D eigenvalue weighted by atomic mass is 19.1. The van der Waals surface area contributed by atoms with Crippen LogP contribution in [0.3, 0.4) is 0 Å². The summed E-state index contributed by atoms with van der Waals surface area (Å²) in [6.45, 7) is 12.5. The molecule has 5 rings (SSSR count). The van der Waals surface area contributed by atoms with Crippen LogP contribution in [0, 0.1) is 31.0 Å². The standard InChI is InChI=1S/C22H18FN7O.2C2H6/c1-12-16(8-25-13(2)28-12)18-10-27-22(30-11-14(7-24)29-21(18)30)26-9-17-15-5-6-31-20(15)4-3-19(17)23;2*1-2/h3-4,8,10-11H,5-6,9H2,1-2H3,(H,26,27);2*1-2H3. The first-order chi connectivity index (χ1) is 17.0. The van der Waals surface area contributed by atoms with Gasteiger partial charge >= 0.3 is 0 Å². The minimum Gasteiger partial charge on any atom is -0.493 e. The largest absolute Gasteiger partial charge is 0.493 e. The molecule has 0 atom stereocenters. The lowest BCUT2D eigenvalue weighted by Gasteiger charge is -2.13. The maximum absolute atomic E-state index is 14.5. The van der Waals surface area contributed by atoms with Crippen LogP contribution < -0.4 is 10.1 Å². The summed E-state index contributed by atoms with van der Waals surface area (Å²) in [6, 6.07) is 5.14. The molecule has 1 aromatic carbocycles. The van der Waals surface area contributed by atoms with Gasteiger partial charge in [-0.25, -0.2) is 24.3 Å². The molecule has 35 heavy (non-hydrogen) atoms. The number of halogens is 1. The van der Waals surface area contributed by atoms with Gasteiger partial charge in [0.25, 0.3) is 0 Å². The number of benzene rings is 1. The van der Waals surface area contributed by atoms with Crippen LogP contribution in [0.15, 0.2) is 30.7 Å². The Hall–Kier alpha value is -4.06. The van der Waals surface area contributed by atoms with Crippen LogP contribution >= 0.6 is 0 Å². The SMILES string of the molecule is CC.CC.Cc1ncc(-c2cnc(NCc3c(F)ccc4c3CCO4)n3cc(C#N)nc23)c(C)n1. The highest BCUT2D eigenvalue weighted by Gasteiger charge is 2.20. The molecule has 0 saturated carbocycles. The molecule has 4 heterocycles. The lowest BCUT2D eigenvalue weighted by molar-refractivity contribution is 0.356. The minimum atomic E-state index is -0.291. The molecule has 0 bridgehead atoms. The minimum absolute atomic E-state index is 0.229. The van der Waals surface area contributed by atoms with Crippen molar-refractivity contribution in [2.75, 3.05) is 11.9 Å². The van der Waals surface area contributed by atoms with Gasteiger partial charge in [0.1, 0.15) is 23.5 Å². The highest BCUT2D eigenvalue weighted by molar-refractivity contribution is 5.79. The number of hydrogen-bond acceptors (Lipinski definition) is 7. The summed E-state index contributed by atoms with van der Waals surface area (Å²) in [4.78, 5) is 17.7. The van der Waals surface area contributed by atoms with E-state index in [-0.39, 0.29) is 18.1 Å². The Kier molecular flexibility index (Phi) is 8.31. The molecule has 9 heteroatoms. The number of rotatable bonds is 4. The monoisotopic (exact) mass is 475 g/mol. The van der Waals surface area contributed by atoms with Crippen LogP contribution in [0.25, 0.3) is 16.8 Å². The van der Waals surface area contributed by atoms with E-state index in [0.29, 0.717) is 41.6 Å². The molecule has 0 unspecified atom stereocenters. The Labute approximate surface area is 204 Å². The summed E-state index contributed by atoms with van der Waals surface area (Å²) < 4.78 is 21.7. The lowest BCUT2D eigenvalue weighted by Crippen LogP contribution is -2.10. The van der Waals surface area contributed by atoms with Crippen LogP contribution in [0.4, 0.5) is 10.3 Å². The summed E-state index contributed by atoms with van der Waals surface area (Å²) in [5.74, 6) is 1.55. The average Bonchev–Trinajstić information content (AvgIpc) is 3.54. The van der Waals surface area contributed by atoms with Gasteiger partial charge in [-0.1, -0.05) is 27.7 Å². The predicted molar refractivity (Wildman–Crippen MR) is 134 cm³/mol. The third-order valence-electron chi connectivity index (χ3n) is 5.36. The van der Waals surface area contributed by atoms with Gasteiger partial charge in [-0.2, -0.15) is 5.26 Å².